The molecule has 1 heterocycles. The SMILES string of the molecule is CC(C)(C)OC(=O)Nc1cccc(Cc2nc(S(C)(=O)=O)ncc2C(=O)Nc2ccccc2)c1. The van der Waals surface area contributed by atoms with Crippen LogP contribution in [0.2, 0.25) is 0 Å². The molecule has 0 bridgehead atoms. The number of para-hydroxylation sites is 1. The van der Waals surface area contributed by atoms with E-state index in [4.69, 9.17) is 4.74 Å². The van der Waals surface area contributed by atoms with Crippen molar-refractivity contribution in [3.05, 3.63) is 77.6 Å². The molecule has 0 saturated heterocycles. The summed E-state index contributed by atoms with van der Waals surface area (Å²) in [6.07, 6.45) is 1.74. The molecule has 3 aromatic rings. The highest BCUT2D eigenvalue weighted by atomic mass is 32.2. The Hall–Kier alpha value is -3.79. The van der Waals surface area contributed by atoms with Gasteiger partial charge in [-0.05, 0) is 50.6 Å². The van der Waals surface area contributed by atoms with Gasteiger partial charge in [-0.1, -0.05) is 30.3 Å². The Morgan fingerprint density at radius 3 is 2.29 bits per heavy atom. The maximum Gasteiger partial charge on any atom is 0.412 e. The first-order chi connectivity index (χ1) is 15.9. The Morgan fingerprint density at radius 1 is 0.971 bits per heavy atom. The van der Waals surface area contributed by atoms with Gasteiger partial charge in [0.25, 0.3) is 5.91 Å². The second-order valence-corrected chi connectivity index (χ2v) is 10.5. The van der Waals surface area contributed by atoms with Gasteiger partial charge >= 0.3 is 6.09 Å². The van der Waals surface area contributed by atoms with Gasteiger partial charge in [-0.15, -0.1) is 0 Å². The predicted octanol–water partition coefficient (Wildman–Crippen LogP) is 4.07. The molecule has 0 aliphatic rings. The van der Waals surface area contributed by atoms with E-state index in [-0.39, 0.29) is 22.8 Å². The van der Waals surface area contributed by atoms with Crippen LogP contribution in [0.15, 0.2) is 66.0 Å². The van der Waals surface area contributed by atoms with Crippen LogP contribution in [0.25, 0.3) is 0 Å². The van der Waals surface area contributed by atoms with E-state index in [0.29, 0.717) is 16.9 Å². The van der Waals surface area contributed by atoms with E-state index in [1.807, 2.05) is 6.07 Å². The van der Waals surface area contributed by atoms with E-state index >= 15 is 0 Å². The Bertz CT molecular complexity index is 1300. The summed E-state index contributed by atoms with van der Waals surface area (Å²) in [5.74, 6) is -0.468. The summed E-state index contributed by atoms with van der Waals surface area (Å²) in [7, 11) is -3.69. The molecule has 0 aliphatic heterocycles. The maximum atomic E-state index is 12.9. The molecule has 1 aromatic heterocycles. The van der Waals surface area contributed by atoms with E-state index in [1.165, 1.54) is 6.20 Å². The molecule has 2 aromatic carbocycles. The van der Waals surface area contributed by atoms with Crippen molar-refractivity contribution in [2.75, 3.05) is 16.9 Å². The Kier molecular flexibility index (Phi) is 7.31. The van der Waals surface area contributed by atoms with Crippen molar-refractivity contribution in [2.45, 2.75) is 37.9 Å². The quantitative estimate of drug-likeness (QED) is 0.507. The smallest absolute Gasteiger partial charge is 0.412 e. The van der Waals surface area contributed by atoms with E-state index in [1.54, 1.807) is 69.3 Å². The zero-order valence-electron chi connectivity index (χ0n) is 19.3. The number of hydrogen-bond acceptors (Lipinski definition) is 7. The minimum Gasteiger partial charge on any atom is -0.444 e. The molecule has 2 amide bonds. The van der Waals surface area contributed by atoms with Gasteiger partial charge in [-0.25, -0.2) is 23.2 Å². The minimum atomic E-state index is -3.69. The van der Waals surface area contributed by atoms with Crippen molar-refractivity contribution in [3.8, 4) is 0 Å². The van der Waals surface area contributed by atoms with Crippen molar-refractivity contribution >= 4 is 33.2 Å². The molecular formula is C24H26N4O5S. The first-order valence-corrected chi connectivity index (χ1v) is 12.3. The van der Waals surface area contributed by atoms with Gasteiger partial charge in [0.15, 0.2) is 0 Å². The van der Waals surface area contributed by atoms with Crippen LogP contribution in [0.4, 0.5) is 16.2 Å². The molecule has 10 heteroatoms. The number of sulfone groups is 1. The third-order valence-electron chi connectivity index (χ3n) is 4.40. The summed E-state index contributed by atoms with van der Waals surface area (Å²) in [6.45, 7) is 5.29. The molecule has 3 rings (SSSR count). The van der Waals surface area contributed by atoms with Crippen LogP contribution in [0.3, 0.4) is 0 Å². The Labute approximate surface area is 198 Å². The van der Waals surface area contributed by atoms with Gasteiger partial charge in [-0.3, -0.25) is 10.1 Å². The summed E-state index contributed by atoms with van der Waals surface area (Å²) >= 11 is 0. The van der Waals surface area contributed by atoms with E-state index < -0.39 is 27.4 Å². The van der Waals surface area contributed by atoms with E-state index in [0.717, 1.165) is 6.26 Å². The number of amides is 2. The number of carbonyl (C=O) groups is 2. The lowest BCUT2D eigenvalue weighted by atomic mass is 10.0. The zero-order valence-corrected chi connectivity index (χ0v) is 20.1. The molecular weight excluding hydrogens is 456 g/mol. The number of nitrogens with zero attached hydrogens (tertiary/aromatic N) is 2. The largest absolute Gasteiger partial charge is 0.444 e. The van der Waals surface area contributed by atoms with Crippen LogP contribution >= 0.6 is 0 Å². The number of anilines is 2. The second-order valence-electron chi connectivity index (χ2n) is 8.61. The Morgan fingerprint density at radius 2 is 1.65 bits per heavy atom. The lowest BCUT2D eigenvalue weighted by Crippen LogP contribution is -2.27. The summed E-state index contributed by atoms with van der Waals surface area (Å²) in [6, 6.07) is 15.7. The number of nitrogens with one attached hydrogen (secondary N) is 2. The monoisotopic (exact) mass is 482 g/mol. The van der Waals surface area contributed by atoms with Gasteiger partial charge in [0.1, 0.15) is 5.60 Å². The van der Waals surface area contributed by atoms with Gasteiger partial charge in [0.05, 0.1) is 11.3 Å². The van der Waals surface area contributed by atoms with Gasteiger partial charge in [-0.2, -0.15) is 0 Å². The first kappa shape index (κ1) is 24.8. The third-order valence-corrected chi connectivity index (χ3v) is 5.26. The number of aromatic nitrogens is 2. The number of benzene rings is 2. The van der Waals surface area contributed by atoms with Crippen molar-refractivity contribution in [1.29, 1.82) is 0 Å². The molecule has 0 spiro atoms. The standard InChI is InChI=1S/C24H26N4O5S/c1-24(2,3)33-23(30)27-18-12-8-9-16(13-18)14-20-19(15-25-22(28-20)34(4,31)32)21(29)26-17-10-6-5-7-11-17/h5-13,15H,14H2,1-4H3,(H,26,29)(H,27,30). The van der Waals surface area contributed by atoms with Gasteiger partial charge in [0.2, 0.25) is 15.0 Å². The first-order valence-electron chi connectivity index (χ1n) is 10.4. The second kappa shape index (κ2) is 10.0. The fourth-order valence-electron chi connectivity index (χ4n) is 3.00. The molecule has 34 heavy (non-hydrogen) atoms. The van der Waals surface area contributed by atoms with Crippen molar-refractivity contribution < 1.29 is 22.7 Å². The highest BCUT2D eigenvalue weighted by Gasteiger charge is 2.20. The van der Waals surface area contributed by atoms with Crippen molar-refractivity contribution in [3.63, 3.8) is 0 Å². The molecule has 0 fully saturated rings. The average molecular weight is 483 g/mol. The molecule has 9 nitrogen and oxygen atoms in total. The van der Waals surface area contributed by atoms with Crippen LogP contribution in [0.5, 0.6) is 0 Å². The topological polar surface area (TPSA) is 127 Å². The summed E-state index contributed by atoms with van der Waals surface area (Å²) in [4.78, 5) is 33.1. The van der Waals surface area contributed by atoms with Crippen molar-refractivity contribution in [2.24, 2.45) is 0 Å². The zero-order chi connectivity index (χ0) is 24.9. The number of hydrogen-bond donors (Lipinski definition) is 2. The predicted molar refractivity (Wildman–Crippen MR) is 129 cm³/mol. The van der Waals surface area contributed by atoms with Crippen LogP contribution in [-0.4, -0.2) is 42.2 Å². The van der Waals surface area contributed by atoms with Gasteiger partial charge in [0, 0.05) is 30.2 Å². The molecule has 0 radical (unpaired) electrons. The van der Waals surface area contributed by atoms with Gasteiger partial charge < -0.3 is 10.1 Å². The van der Waals surface area contributed by atoms with E-state index in [2.05, 4.69) is 20.6 Å². The normalized spacial score (nSPS) is 11.5. The summed E-state index contributed by atoms with van der Waals surface area (Å²) in [5, 5.41) is 5.05. The highest BCUT2D eigenvalue weighted by molar-refractivity contribution is 7.90. The fraction of sp³-hybridized carbons (Fsp3) is 0.250. The van der Waals surface area contributed by atoms with Crippen LogP contribution in [0, 0.1) is 0 Å². The van der Waals surface area contributed by atoms with E-state index in [9.17, 15) is 18.0 Å². The number of rotatable bonds is 6. The number of ether oxygens (including phenoxy) is 1. The lowest BCUT2D eigenvalue weighted by Gasteiger charge is -2.19. The fourth-order valence-corrected chi connectivity index (χ4v) is 3.52. The van der Waals surface area contributed by atoms with Crippen LogP contribution < -0.4 is 10.6 Å². The molecule has 0 unspecified atom stereocenters. The summed E-state index contributed by atoms with van der Waals surface area (Å²) < 4.78 is 29.3. The average Bonchev–Trinajstić information content (AvgIpc) is 2.72. The highest BCUT2D eigenvalue weighted by Crippen LogP contribution is 2.19. The summed E-state index contributed by atoms with van der Waals surface area (Å²) in [5.41, 5.74) is 1.49. The maximum absolute atomic E-state index is 12.9. The third kappa shape index (κ3) is 7.11. The molecule has 0 atom stereocenters. The minimum absolute atomic E-state index is 0.131. The molecule has 2 N–H and O–H groups in total. The molecule has 178 valence electrons. The lowest BCUT2D eigenvalue weighted by molar-refractivity contribution is 0.0635. The van der Waals surface area contributed by atoms with Crippen molar-refractivity contribution in [1.82, 2.24) is 9.97 Å². The molecule has 0 saturated carbocycles. The van der Waals surface area contributed by atoms with Crippen LogP contribution in [-0.2, 0) is 21.0 Å². The Balaban J connectivity index is 1.90. The molecule has 0 aliphatic carbocycles. The van der Waals surface area contributed by atoms with Crippen LogP contribution in [0.1, 0.15) is 42.4 Å². The number of carbonyl (C=O) groups excluding carboxylic acids is 2.